The zero-order valence-electron chi connectivity index (χ0n) is 10.8. The molecule has 100 valence electrons. The number of allylic oxidation sites excluding steroid dienone is 1. The second-order valence-corrected chi connectivity index (χ2v) is 5.12. The summed E-state index contributed by atoms with van der Waals surface area (Å²) in [6.45, 7) is 1.74. The van der Waals surface area contributed by atoms with E-state index in [4.69, 9.17) is 4.74 Å². The Morgan fingerprint density at radius 2 is 2.00 bits per heavy atom. The highest BCUT2D eigenvalue weighted by Crippen LogP contribution is 2.23. The summed E-state index contributed by atoms with van der Waals surface area (Å²) in [7, 11) is 1.60. The molecule has 1 aromatic carbocycles. The number of benzene rings is 1. The van der Waals surface area contributed by atoms with Crippen molar-refractivity contribution in [3.63, 3.8) is 0 Å². The summed E-state index contributed by atoms with van der Waals surface area (Å²) in [4.78, 5) is 16.2. The highest BCUT2D eigenvalue weighted by Gasteiger charge is 2.22. The Labute approximate surface area is 116 Å². The van der Waals surface area contributed by atoms with E-state index in [1.54, 1.807) is 26.2 Å². The first-order valence-electron chi connectivity index (χ1n) is 5.84. The standard InChI is InChI=1S/C14H15NO3S/c1-9(14-12(16)7-19-8-13(14)17)15-10-3-5-11(18-2)6-4-10/h3-6,16H,7-8H2,1-2H3. The normalized spacial score (nSPS) is 16.7. The largest absolute Gasteiger partial charge is 0.511 e. The van der Waals surface area contributed by atoms with Crippen molar-refractivity contribution in [1.29, 1.82) is 0 Å². The molecule has 0 fully saturated rings. The van der Waals surface area contributed by atoms with E-state index in [9.17, 15) is 9.90 Å². The van der Waals surface area contributed by atoms with Gasteiger partial charge in [0.2, 0.25) is 0 Å². The maximum absolute atomic E-state index is 11.8. The number of methoxy groups -OCH3 is 1. The van der Waals surface area contributed by atoms with Crippen LogP contribution < -0.4 is 4.74 Å². The van der Waals surface area contributed by atoms with Gasteiger partial charge in [-0.15, -0.1) is 11.8 Å². The molecule has 2 rings (SSSR count). The number of ketones is 1. The van der Waals surface area contributed by atoms with Crippen molar-refractivity contribution < 1.29 is 14.6 Å². The summed E-state index contributed by atoms with van der Waals surface area (Å²) in [5.74, 6) is 1.68. The summed E-state index contributed by atoms with van der Waals surface area (Å²) in [5, 5.41) is 9.81. The number of carbonyl (C=O) groups is 1. The molecule has 1 heterocycles. The maximum Gasteiger partial charge on any atom is 0.177 e. The summed E-state index contributed by atoms with van der Waals surface area (Å²) in [6, 6.07) is 7.22. The van der Waals surface area contributed by atoms with Crippen LogP contribution in [0.2, 0.25) is 0 Å². The number of nitrogens with zero attached hydrogens (tertiary/aromatic N) is 1. The zero-order chi connectivity index (χ0) is 13.8. The molecular weight excluding hydrogens is 262 g/mol. The van der Waals surface area contributed by atoms with Crippen LogP contribution in [-0.4, -0.2) is 35.2 Å². The molecule has 1 aromatic rings. The first-order valence-corrected chi connectivity index (χ1v) is 7.00. The Bertz CT molecular complexity index is 546. The molecule has 1 aliphatic rings. The number of rotatable bonds is 3. The van der Waals surface area contributed by atoms with Crippen molar-refractivity contribution in [1.82, 2.24) is 0 Å². The molecule has 0 unspecified atom stereocenters. The fraction of sp³-hybridized carbons (Fsp3) is 0.286. The van der Waals surface area contributed by atoms with Gasteiger partial charge in [0.25, 0.3) is 0 Å². The highest BCUT2D eigenvalue weighted by molar-refractivity contribution is 8.00. The molecule has 0 aliphatic carbocycles. The first-order chi connectivity index (χ1) is 9.11. The van der Waals surface area contributed by atoms with E-state index in [0.29, 0.717) is 22.8 Å². The van der Waals surface area contributed by atoms with E-state index < -0.39 is 0 Å². The number of aliphatic hydroxyl groups excluding tert-OH is 1. The molecule has 4 nitrogen and oxygen atoms in total. The predicted molar refractivity (Wildman–Crippen MR) is 77.7 cm³/mol. The number of carbonyl (C=O) groups excluding carboxylic acids is 1. The van der Waals surface area contributed by atoms with Crippen molar-refractivity contribution in [3.8, 4) is 5.75 Å². The third kappa shape index (κ3) is 3.17. The second kappa shape index (κ2) is 5.93. The Kier molecular flexibility index (Phi) is 4.27. The average molecular weight is 277 g/mol. The predicted octanol–water partition coefficient (Wildman–Crippen LogP) is 2.92. The smallest absolute Gasteiger partial charge is 0.177 e. The molecule has 1 aliphatic heterocycles. The zero-order valence-corrected chi connectivity index (χ0v) is 11.7. The highest BCUT2D eigenvalue weighted by atomic mass is 32.2. The molecule has 0 aromatic heterocycles. The molecule has 0 saturated heterocycles. The van der Waals surface area contributed by atoms with Gasteiger partial charge in [0.15, 0.2) is 5.78 Å². The van der Waals surface area contributed by atoms with Gasteiger partial charge in [-0.25, -0.2) is 0 Å². The molecule has 19 heavy (non-hydrogen) atoms. The van der Waals surface area contributed by atoms with Gasteiger partial charge in [-0.3, -0.25) is 9.79 Å². The second-order valence-electron chi connectivity index (χ2n) is 4.13. The summed E-state index contributed by atoms with van der Waals surface area (Å²) in [5.41, 5.74) is 1.63. The summed E-state index contributed by atoms with van der Waals surface area (Å²) in [6.07, 6.45) is 0. The first kappa shape index (κ1) is 13.7. The van der Waals surface area contributed by atoms with E-state index in [2.05, 4.69) is 4.99 Å². The number of aliphatic imine (C=N–C) groups is 1. The van der Waals surface area contributed by atoms with Gasteiger partial charge in [-0.2, -0.15) is 0 Å². The molecule has 1 N–H and O–H groups in total. The Morgan fingerprint density at radius 3 is 2.58 bits per heavy atom. The van der Waals surface area contributed by atoms with Gasteiger partial charge in [0.05, 0.1) is 35.6 Å². The van der Waals surface area contributed by atoms with Gasteiger partial charge in [-0.05, 0) is 31.2 Å². The van der Waals surface area contributed by atoms with Gasteiger partial charge in [-0.1, -0.05) is 0 Å². The van der Waals surface area contributed by atoms with E-state index >= 15 is 0 Å². The van der Waals surface area contributed by atoms with E-state index in [1.165, 1.54) is 11.8 Å². The van der Waals surface area contributed by atoms with Crippen LogP contribution in [0.3, 0.4) is 0 Å². The fourth-order valence-corrected chi connectivity index (χ4v) is 2.63. The summed E-state index contributed by atoms with van der Waals surface area (Å²) >= 11 is 1.41. The lowest BCUT2D eigenvalue weighted by molar-refractivity contribution is -0.113. The Morgan fingerprint density at radius 1 is 1.32 bits per heavy atom. The van der Waals surface area contributed by atoms with E-state index in [-0.39, 0.29) is 11.5 Å². The van der Waals surface area contributed by atoms with Crippen LogP contribution in [0.15, 0.2) is 40.6 Å². The van der Waals surface area contributed by atoms with Crippen LogP contribution >= 0.6 is 11.8 Å². The minimum Gasteiger partial charge on any atom is -0.511 e. The SMILES string of the molecule is COc1ccc(N=C(C)C2=C(O)CSCC2=O)cc1. The van der Waals surface area contributed by atoms with Gasteiger partial charge in [0, 0.05) is 0 Å². The van der Waals surface area contributed by atoms with Crippen molar-refractivity contribution in [2.45, 2.75) is 6.92 Å². The number of aliphatic hydroxyl groups is 1. The lowest BCUT2D eigenvalue weighted by atomic mass is 10.1. The third-order valence-corrected chi connectivity index (χ3v) is 3.71. The van der Waals surface area contributed by atoms with Crippen LogP contribution in [0.1, 0.15) is 6.92 Å². The fourth-order valence-electron chi connectivity index (χ4n) is 1.86. The van der Waals surface area contributed by atoms with E-state index in [1.807, 2.05) is 12.1 Å². The molecule has 0 atom stereocenters. The van der Waals surface area contributed by atoms with Gasteiger partial charge < -0.3 is 9.84 Å². The molecule has 0 bridgehead atoms. The maximum atomic E-state index is 11.8. The van der Waals surface area contributed by atoms with Gasteiger partial charge in [0.1, 0.15) is 11.5 Å². The number of thioether (sulfide) groups is 1. The Hall–Kier alpha value is -1.75. The monoisotopic (exact) mass is 277 g/mol. The summed E-state index contributed by atoms with van der Waals surface area (Å²) < 4.78 is 5.07. The van der Waals surface area contributed by atoms with Crippen molar-refractivity contribution in [2.75, 3.05) is 18.6 Å². The van der Waals surface area contributed by atoms with Crippen LogP contribution in [0, 0.1) is 0 Å². The molecule has 0 saturated carbocycles. The van der Waals surface area contributed by atoms with Crippen LogP contribution in [0.5, 0.6) is 5.75 Å². The topological polar surface area (TPSA) is 58.9 Å². The lowest BCUT2D eigenvalue weighted by Gasteiger charge is -2.14. The third-order valence-electron chi connectivity index (χ3n) is 2.77. The van der Waals surface area contributed by atoms with Crippen LogP contribution in [0.4, 0.5) is 5.69 Å². The number of Topliss-reactive ketones (excluding diaryl/α,β-unsaturated/α-hetero) is 1. The molecule has 0 radical (unpaired) electrons. The van der Waals surface area contributed by atoms with Crippen molar-refractivity contribution >= 4 is 28.9 Å². The minimum absolute atomic E-state index is 0.0662. The van der Waals surface area contributed by atoms with Crippen LogP contribution in [-0.2, 0) is 4.79 Å². The van der Waals surface area contributed by atoms with E-state index in [0.717, 1.165) is 11.4 Å². The number of hydrogen-bond donors (Lipinski definition) is 1. The number of ether oxygens (including phenoxy) is 1. The molecule has 5 heteroatoms. The lowest BCUT2D eigenvalue weighted by Crippen LogP contribution is -2.20. The minimum atomic E-state index is -0.0662. The average Bonchev–Trinajstić information content (AvgIpc) is 2.39. The molecule has 0 spiro atoms. The molecular formula is C14H15NO3S. The number of hydrogen-bond acceptors (Lipinski definition) is 5. The van der Waals surface area contributed by atoms with Gasteiger partial charge >= 0.3 is 0 Å². The Balaban J connectivity index is 2.29. The van der Waals surface area contributed by atoms with Crippen LogP contribution in [0.25, 0.3) is 0 Å². The quantitative estimate of drug-likeness (QED) is 0.863. The van der Waals surface area contributed by atoms with Crippen molar-refractivity contribution in [2.24, 2.45) is 4.99 Å². The van der Waals surface area contributed by atoms with Crippen molar-refractivity contribution in [3.05, 3.63) is 35.6 Å². The molecule has 0 amide bonds.